The highest BCUT2D eigenvalue weighted by atomic mass is 16.5. The molecule has 0 saturated carbocycles. The van der Waals surface area contributed by atoms with Gasteiger partial charge >= 0.3 is 11.6 Å². The van der Waals surface area contributed by atoms with Crippen LogP contribution in [0.15, 0.2) is 39.5 Å². The van der Waals surface area contributed by atoms with E-state index in [9.17, 15) is 9.59 Å². The number of carbonyl (C=O) groups is 1. The second-order valence-electron chi connectivity index (χ2n) is 5.33. The SMILES string of the molecule is CCCCC(C)COC(=O)c1cc2ccccc2oc1=O. The molecule has 0 fully saturated rings. The van der Waals surface area contributed by atoms with Crippen LogP contribution in [0, 0.1) is 5.92 Å². The molecular formula is C17H20O4. The van der Waals surface area contributed by atoms with Crippen LogP contribution in [0.4, 0.5) is 0 Å². The molecule has 1 aromatic heterocycles. The number of hydrogen-bond acceptors (Lipinski definition) is 4. The third kappa shape index (κ3) is 3.94. The van der Waals surface area contributed by atoms with E-state index in [0.29, 0.717) is 23.5 Å². The van der Waals surface area contributed by atoms with Crippen molar-refractivity contribution in [1.29, 1.82) is 0 Å². The lowest BCUT2D eigenvalue weighted by atomic mass is 10.1. The van der Waals surface area contributed by atoms with Gasteiger partial charge in [0, 0.05) is 5.39 Å². The number of rotatable bonds is 6. The summed E-state index contributed by atoms with van der Waals surface area (Å²) in [5, 5.41) is 0.711. The molecular weight excluding hydrogens is 268 g/mol. The Morgan fingerprint density at radius 1 is 1.33 bits per heavy atom. The lowest BCUT2D eigenvalue weighted by Crippen LogP contribution is -2.19. The molecule has 4 nitrogen and oxygen atoms in total. The zero-order chi connectivity index (χ0) is 15.2. The number of hydrogen-bond donors (Lipinski definition) is 0. The quantitative estimate of drug-likeness (QED) is 0.599. The molecule has 112 valence electrons. The second-order valence-corrected chi connectivity index (χ2v) is 5.33. The van der Waals surface area contributed by atoms with Gasteiger partial charge in [-0.2, -0.15) is 0 Å². The molecule has 0 saturated heterocycles. The summed E-state index contributed by atoms with van der Waals surface area (Å²) in [5.74, 6) is -0.320. The number of ether oxygens (including phenoxy) is 1. The minimum absolute atomic E-state index is 0.0450. The third-order valence-corrected chi connectivity index (χ3v) is 3.41. The van der Waals surface area contributed by atoms with E-state index in [1.54, 1.807) is 18.2 Å². The molecule has 21 heavy (non-hydrogen) atoms. The van der Waals surface area contributed by atoms with Crippen molar-refractivity contribution < 1.29 is 13.9 Å². The highest BCUT2D eigenvalue weighted by Gasteiger charge is 2.16. The van der Waals surface area contributed by atoms with Crippen LogP contribution in [0.25, 0.3) is 11.0 Å². The number of benzene rings is 1. The van der Waals surface area contributed by atoms with Crippen LogP contribution >= 0.6 is 0 Å². The summed E-state index contributed by atoms with van der Waals surface area (Å²) >= 11 is 0. The van der Waals surface area contributed by atoms with Gasteiger partial charge in [0.15, 0.2) is 0 Å². The molecule has 0 aliphatic carbocycles. The Morgan fingerprint density at radius 2 is 2.10 bits per heavy atom. The van der Waals surface area contributed by atoms with Crippen molar-refractivity contribution in [2.45, 2.75) is 33.1 Å². The first-order chi connectivity index (χ1) is 10.1. The van der Waals surface area contributed by atoms with Crippen molar-refractivity contribution in [3.8, 4) is 0 Å². The first kappa shape index (κ1) is 15.3. The number of carbonyl (C=O) groups excluding carboxylic acids is 1. The van der Waals surface area contributed by atoms with Crippen molar-refractivity contribution >= 4 is 16.9 Å². The third-order valence-electron chi connectivity index (χ3n) is 3.41. The molecule has 0 aliphatic heterocycles. The van der Waals surface area contributed by atoms with Gasteiger partial charge in [0.25, 0.3) is 0 Å². The van der Waals surface area contributed by atoms with Gasteiger partial charge in [0.2, 0.25) is 0 Å². The molecule has 2 aromatic rings. The van der Waals surface area contributed by atoms with Crippen molar-refractivity contribution in [3.63, 3.8) is 0 Å². The summed E-state index contributed by atoms with van der Waals surface area (Å²) in [7, 11) is 0. The van der Waals surface area contributed by atoms with Crippen molar-refractivity contribution in [2.24, 2.45) is 5.92 Å². The van der Waals surface area contributed by atoms with Crippen LogP contribution in [0.3, 0.4) is 0 Å². The maximum Gasteiger partial charge on any atom is 0.351 e. The van der Waals surface area contributed by atoms with Crippen LogP contribution in [0.2, 0.25) is 0 Å². The maximum atomic E-state index is 12.0. The molecule has 1 heterocycles. The number of para-hydroxylation sites is 1. The van der Waals surface area contributed by atoms with Gasteiger partial charge in [-0.25, -0.2) is 9.59 Å². The van der Waals surface area contributed by atoms with Gasteiger partial charge in [-0.15, -0.1) is 0 Å². The average molecular weight is 288 g/mol. The Morgan fingerprint density at radius 3 is 2.86 bits per heavy atom. The van der Waals surface area contributed by atoms with Gasteiger partial charge in [-0.05, 0) is 24.5 Å². The predicted octanol–water partition coefficient (Wildman–Crippen LogP) is 3.78. The maximum absolute atomic E-state index is 12.0. The molecule has 0 amide bonds. The monoisotopic (exact) mass is 288 g/mol. The Hall–Kier alpha value is -2.10. The molecule has 0 spiro atoms. The van der Waals surface area contributed by atoms with Gasteiger partial charge in [-0.1, -0.05) is 44.9 Å². The average Bonchev–Trinajstić information content (AvgIpc) is 2.49. The minimum Gasteiger partial charge on any atom is -0.462 e. The Balaban J connectivity index is 2.09. The van der Waals surface area contributed by atoms with Crippen LogP contribution in [-0.2, 0) is 4.74 Å². The van der Waals surface area contributed by atoms with E-state index in [4.69, 9.17) is 9.15 Å². The Labute approximate surface area is 123 Å². The highest BCUT2D eigenvalue weighted by Crippen LogP contribution is 2.14. The first-order valence-electron chi connectivity index (χ1n) is 7.31. The van der Waals surface area contributed by atoms with Crippen molar-refractivity contribution in [1.82, 2.24) is 0 Å². The summed E-state index contributed by atoms with van der Waals surface area (Å²) in [5.41, 5.74) is -0.230. The molecule has 1 unspecified atom stereocenters. The molecule has 2 rings (SSSR count). The van der Waals surface area contributed by atoms with Crippen LogP contribution in [0.5, 0.6) is 0 Å². The first-order valence-corrected chi connectivity index (χ1v) is 7.31. The zero-order valence-corrected chi connectivity index (χ0v) is 12.4. The number of esters is 1. The normalized spacial score (nSPS) is 12.3. The van der Waals surface area contributed by atoms with Gasteiger partial charge < -0.3 is 9.15 Å². The number of fused-ring (bicyclic) bond motifs is 1. The van der Waals surface area contributed by atoms with E-state index < -0.39 is 11.6 Å². The van der Waals surface area contributed by atoms with E-state index in [2.05, 4.69) is 6.92 Å². The fourth-order valence-corrected chi connectivity index (χ4v) is 2.14. The van der Waals surface area contributed by atoms with Crippen LogP contribution < -0.4 is 5.63 Å². The Bertz CT molecular complexity index is 672. The van der Waals surface area contributed by atoms with E-state index >= 15 is 0 Å². The lowest BCUT2D eigenvalue weighted by Gasteiger charge is -2.11. The largest absolute Gasteiger partial charge is 0.462 e. The van der Waals surface area contributed by atoms with Gasteiger partial charge in [-0.3, -0.25) is 0 Å². The van der Waals surface area contributed by atoms with Gasteiger partial charge in [0.1, 0.15) is 11.1 Å². The summed E-state index contributed by atoms with van der Waals surface area (Å²) in [4.78, 5) is 23.8. The summed E-state index contributed by atoms with van der Waals surface area (Å²) in [6.45, 7) is 4.48. The van der Waals surface area contributed by atoms with Crippen LogP contribution in [0.1, 0.15) is 43.5 Å². The van der Waals surface area contributed by atoms with Crippen molar-refractivity contribution in [2.75, 3.05) is 6.61 Å². The van der Waals surface area contributed by atoms with Crippen molar-refractivity contribution in [3.05, 3.63) is 46.3 Å². The van der Waals surface area contributed by atoms with Gasteiger partial charge in [0.05, 0.1) is 6.61 Å². The topological polar surface area (TPSA) is 56.5 Å². The molecule has 1 atom stereocenters. The predicted molar refractivity (Wildman–Crippen MR) is 81.5 cm³/mol. The lowest BCUT2D eigenvalue weighted by molar-refractivity contribution is 0.0438. The fraction of sp³-hybridized carbons (Fsp3) is 0.412. The molecule has 0 N–H and O–H groups in total. The molecule has 0 bridgehead atoms. The molecule has 0 radical (unpaired) electrons. The summed E-state index contributed by atoms with van der Waals surface area (Å²) in [6, 6.07) is 8.61. The number of unbranched alkanes of at least 4 members (excludes halogenated alkanes) is 1. The fourth-order valence-electron chi connectivity index (χ4n) is 2.14. The van der Waals surface area contributed by atoms with E-state index in [1.807, 2.05) is 13.0 Å². The second kappa shape index (κ2) is 7.07. The molecule has 4 heteroatoms. The Kier molecular flexibility index (Phi) is 5.14. The zero-order valence-electron chi connectivity index (χ0n) is 12.4. The molecule has 1 aromatic carbocycles. The standard InChI is InChI=1S/C17H20O4/c1-3-4-7-12(2)11-20-16(18)14-10-13-8-5-6-9-15(13)21-17(14)19/h5-6,8-10,12H,3-4,7,11H2,1-2H3. The molecule has 0 aliphatic rings. The van der Waals surface area contributed by atoms with Crippen LogP contribution in [-0.4, -0.2) is 12.6 Å². The van der Waals surface area contributed by atoms with E-state index in [0.717, 1.165) is 19.3 Å². The summed E-state index contributed by atoms with van der Waals surface area (Å²) in [6.07, 6.45) is 3.24. The highest BCUT2D eigenvalue weighted by molar-refractivity contribution is 5.92. The van der Waals surface area contributed by atoms with E-state index in [-0.39, 0.29) is 5.56 Å². The van der Waals surface area contributed by atoms with E-state index in [1.165, 1.54) is 6.07 Å². The smallest absolute Gasteiger partial charge is 0.351 e. The minimum atomic E-state index is -0.653. The summed E-state index contributed by atoms with van der Waals surface area (Å²) < 4.78 is 10.3.